The number of ether oxygens (including phenoxy) is 1. The Labute approximate surface area is 149 Å². The number of carbonyl (C=O) groups excluding carboxylic acids is 2. The highest BCUT2D eigenvalue weighted by Crippen LogP contribution is 2.15. The average Bonchev–Trinajstić information content (AvgIpc) is 2.62. The van der Waals surface area contributed by atoms with Crippen LogP contribution in [0.5, 0.6) is 0 Å². The Bertz CT molecular complexity index is 566. The predicted molar refractivity (Wildman–Crippen MR) is 99.1 cm³/mol. The molecule has 0 atom stereocenters. The number of carbonyl (C=O) groups is 2. The van der Waals surface area contributed by atoms with Crippen molar-refractivity contribution in [2.45, 2.75) is 13.3 Å². The number of benzene rings is 1. The van der Waals surface area contributed by atoms with E-state index in [9.17, 15) is 9.59 Å². The molecule has 1 aromatic carbocycles. The number of hydrogen-bond acceptors (Lipinski definition) is 5. The van der Waals surface area contributed by atoms with E-state index in [0.717, 1.165) is 11.4 Å². The van der Waals surface area contributed by atoms with Crippen molar-refractivity contribution < 1.29 is 14.3 Å². The number of rotatable bonds is 6. The Balaban J connectivity index is 1.70. The van der Waals surface area contributed by atoms with Gasteiger partial charge in [0.05, 0.1) is 6.61 Å². The van der Waals surface area contributed by atoms with Crippen LogP contribution in [0.1, 0.15) is 13.3 Å². The van der Waals surface area contributed by atoms with Gasteiger partial charge in [0.15, 0.2) is 0 Å². The fraction of sp³-hybridized carbons (Fsp3) is 0.556. The molecule has 1 saturated heterocycles. The normalized spacial score (nSPS) is 14.2. The first-order valence-electron chi connectivity index (χ1n) is 8.72. The van der Waals surface area contributed by atoms with E-state index in [2.05, 4.69) is 5.32 Å². The van der Waals surface area contributed by atoms with Gasteiger partial charge in [0, 0.05) is 64.6 Å². The van der Waals surface area contributed by atoms with E-state index in [0.29, 0.717) is 45.8 Å². The third-order valence-electron chi connectivity index (χ3n) is 4.21. The fourth-order valence-electron chi connectivity index (χ4n) is 2.70. The van der Waals surface area contributed by atoms with E-state index < -0.39 is 0 Å². The minimum absolute atomic E-state index is 0.112. The second-order valence-electron chi connectivity index (χ2n) is 6.18. The molecule has 1 heterocycles. The minimum atomic E-state index is -0.294. The summed E-state index contributed by atoms with van der Waals surface area (Å²) in [5, 5.41) is 3.27. The summed E-state index contributed by atoms with van der Waals surface area (Å²) in [4.78, 5) is 29.4. The summed E-state index contributed by atoms with van der Waals surface area (Å²) in [5.41, 5.74) is 2.15. The zero-order valence-corrected chi connectivity index (χ0v) is 15.3. The van der Waals surface area contributed by atoms with Crippen LogP contribution in [0, 0.1) is 0 Å². The number of anilines is 2. The van der Waals surface area contributed by atoms with Crippen LogP contribution < -0.4 is 10.2 Å². The highest BCUT2D eigenvalue weighted by Gasteiger charge is 2.24. The van der Waals surface area contributed by atoms with Crippen molar-refractivity contribution in [2.24, 2.45) is 0 Å². The molecule has 1 N–H and O–H groups in total. The van der Waals surface area contributed by atoms with Gasteiger partial charge in [0.2, 0.25) is 5.91 Å². The lowest BCUT2D eigenvalue weighted by Gasteiger charge is -2.34. The van der Waals surface area contributed by atoms with E-state index in [1.165, 1.54) is 0 Å². The molecule has 7 heteroatoms. The lowest BCUT2D eigenvalue weighted by atomic mass is 10.2. The van der Waals surface area contributed by atoms with Crippen molar-refractivity contribution in [3.05, 3.63) is 24.3 Å². The highest BCUT2D eigenvalue weighted by atomic mass is 16.6. The smallest absolute Gasteiger partial charge is 0.409 e. The molecule has 0 unspecified atom stereocenters. The standard InChI is InChI=1S/C18H28N4O3/c1-4-25-18(24)22-13-11-21(12-14-22)17(23)9-10-19-15-5-7-16(8-6-15)20(2)3/h5-8,19H,4,9-14H2,1-3H3. The van der Waals surface area contributed by atoms with Gasteiger partial charge in [0.1, 0.15) is 0 Å². The van der Waals surface area contributed by atoms with Gasteiger partial charge in [-0.05, 0) is 31.2 Å². The molecule has 0 spiro atoms. The van der Waals surface area contributed by atoms with Gasteiger partial charge < -0.3 is 24.8 Å². The molecule has 0 radical (unpaired) electrons. The Morgan fingerprint density at radius 2 is 1.68 bits per heavy atom. The van der Waals surface area contributed by atoms with Crippen LogP contribution in [0.3, 0.4) is 0 Å². The monoisotopic (exact) mass is 348 g/mol. The van der Waals surface area contributed by atoms with Gasteiger partial charge in [-0.2, -0.15) is 0 Å². The maximum Gasteiger partial charge on any atom is 0.409 e. The summed E-state index contributed by atoms with van der Waals surface area (Å²) >= 11 is 0. The Morgan fingerprint density at radius 1 is 1.08 bits per heavy atom. The molecule has 2 rings (SSSR count). The SMILES string of the molecule is CCOC(=O)N1CCN(C(=O)CCNc2ccc(N(C)C)cc2)CC1. The lowest BCUT2D eigenvalue weighted by Crippen LogP contribution is -2.50. The molecule has 1 fully saturated rings. The highest BCUT2D eigenvalue weighted by molar-refractivity contribution is 5.77. The first kappa shape index (κ1) is 18.9. The second-order valence-corrected chi connectivity index (χ2v) is 6.18. The summed E-state index contributed by atoms with van der Waals surface area (Å²) < 4.78 is 4.98. The first-order chi connectivity index (χ1) is 12.0. The van der Waals surface area contributed by atoms with E-state index in [1.54, 1.807) is 11.8 Å². The molecular weight excluding hydrogens is 320 g/mol. The van der Waals surface area contributed by atoms with Crippen molar-refractivity contribution in [1.29, 1.82) is 0 Å². The zero-order chi connectivity index (χ0) is 18.2. The predicted octanol–water partition coefficient (Wildman–Crippen LogP) is 1.86. The quantitative estimate of drug-likeness (QED) is 0.850. The molecule has 2 amide bonds. The average molecular weight is 348 g/mol. The molecule has 1 aliphatic rings. The lowest BCUT2D eigenvalue weighted by molar-refractivity contribution is -0.132. The van der Waals surface area contributed by atoms with Gasteiger partial charge in [-0.1, -0.05) is 0 Å². The van der Waals surface area contributed by atoms with Crippen molar-refractivity contribution in [1.82, 2.24) is 9.80 Å². The molecule has 0 saturated carbocycles. The summed E-state index contributed by atoms with van der Waals surface area (Å²) in [6.45, 7) is 4.95. The molecule has 1 aromatic rings. The van der Waals surface area contributed by atoms with Crippen molar-refractivity contribution in [3.63, 3.8) is 0 Å². The van der Waals surface area contributed by atoms with Gasteiger partial charge in [-0.3, -0.25) is 4.79 Å². The molecule has 0 aliphatic carbocycles. The van der Waals surface area contributed by atoms with Gasteiger partial charge in [-0.15, -0.1) is 0 Å². The van der Waals surface area contributed by atoms with Crippen LogP contribution in [-0.2, 0) is 9.53 Å². The van der Waals surface area contributed by atoms with E-state index >= 15 is 0 Å². The van der Waals surface area contributed by atoms with Crippen molar-refractivity contribution in [2.75, 3.05) is 63.6 Å². The first-order valence-corrected chi connectivity index (χ1v) is 8.72. The number of nitrogens with zero attached hydrogens (tertiary/aromatic N) is 3. The topological polar surface area (TPSA) is 65.1 Å². The van der Waals surface area contributed by atoms with Crippen LogP contribution in [0.2, 0.25) is 0 Å². The number of nitrogens with one attached hydrogen (secondary N) is 1. The summed E-state index contributed by atoms with van der Waals surface area (Å²) in [7, 11) is 4.01. The largest absolute Gasteiger partial charge is 0.450 e. The minimum Gasteiger partial charge on any atom is -0.450 e. The fourth-order valence-corrected chi connectivity index (χ4v) is 2.70. The van der Waals surface area contributed by atoms with Crippen LogP contribution in [-0.4, -0.2) is 75.2 Å². The molecule has 0 bridgehead atoms. The van der Waals surface area contributed by atoms with E-state index in [4.69, 9.17) is 4.74 Å². The summed E-state index contributed by atoms with van der Waals surface area (Å²) in [6, 6.07) is 8.10. The molecule has 0 aromatic heterocycles. The third-order valence-corrected chi connectivity index (χ3v) is 4.21. The van der Waals surface area contributed by atoms with Gasteiger partial charge >= 0.3 is 6.09 Å². The third kappa shape index (κ3) is 5.55. The van der Waals surface area contributed by atoms with E-state index in [-0.39, 0.29) is 12.0 Å². The van der Waals surface area contributed by atoms with Crippen LogP contribution in [0.15, 0.2) is 24.3 Å². The maximum atomic E-state index is 12.3. The van der Waals surface area contributed by atoms with Crippen molar-refractivity contribution in [3.8, 4) is 0 Å². The summed E-state index contributed by atoms with van der Waals surface area (Å²) in [5.74, 6) is 0.112. The molecule has 138 valence electrons. The molecule has 7 nitrogen and oxygen atoms in total. The number of hydrogen-bond donors (Lipinski definition) is 1. The van der Waals surface area contributed by atoms with Crippen LogP contribution in [0.25, 0.3) is 0 Å². The maximum absolute atomic E-state index is 12.3. The zero-order valence-electron chi connectivity index (χ0n) is 15.3. The molecule has 1 aliphatic heterocycles. The Morgan fingerprint density at radius 3 is 2.24 bits per heavy atom. The Hall–Kier alpha value is -2.44. The molecule has 25 heavy (non-hydrogen) atoms. The molecular formula is C18H28N4O3. The second kappa shape index (κ2) is 9.15. The van der Waals surface area contributed by atoms with Gasteiger partial charge in [-0.25, -0.2) is 4.79 Å². The number of piperazine rings is 1. The van der Waals surface area contributed by atoms with Crippen molar-refractivity contribution >= 4 is 23.4 Å². The van der Waals surface area contributed by atoms with E-state index in [1.807, 2.05) is 48.2 Å². The number of amides is 2. The van der Waals surface area contributed by atoms with Gasteiger partial charge in [0.25, 0.3) is 0 Å². The summed E-state index contributed by atoms with van der Waals surface area (Å²) in [6.07, 6.45) is 0.145. The van der Waals surface area contributed by atoms with Crippen LogP contribution in [0.4, 0.5) is 16.2 Å². The van der Waals surface area contributed by atoms with Crippen LogP contribution >= 0.6 is 0 Å². The Kier molecular flexibility index (Phi) is 6.91.